The maximum atomic E-state index is 15.2. The van der Waals surface area contributed by atoms with Crippen LogP contribution in [0.4, 0.5) is 26.0 Å². The van der Waals surface area contributed by atoms with E-state index in [-0.39, 0.29) is 10.9 Å². The van der Waals surface area contributed by atoms with E-state index in [9.17, 15) is 4.39 Å². The lowest BCUT2D eigenvalue weighted by molar-refractivity contribution is 0.122. The minimum absolute atomic E-state index is 0.242. The number of halogens is 2. The molecule has 4 heterocycles. The molecule has 1 N–H and O–H groups in total. The molecule has 1 aliphatic carbocycles. The zero-order chi connectivity index (χ0) is 23.9. The van der Waals surface area contributed by atoms with Crippen LogP contribution in [0.25, 0.3) is 22.3 Å². The van der Waals surface area contributed by atoms with E-state index in [0.29, 0.717) is 36.2 Å². The van der Waals surface area contributed by atoms with Gasteiger partial charge in [0, 0.05) is 54.9 Å². The summed E-state index contributed by atoms with van der Waals surface area (Å²) in [5.74, 6) is -0.0371. The van der Waals surface area contributed by atoms with Gasteiger partial charge in [0.25, 0.3) is 0 Å². The first-order chi connectivity index (χ1) is 17.1. The molecule has 0 spiro atoms. The number of nitrogens with one attached hydrogen (secondary N) is 1. The number of pyridine rings is 3. The van der Waals surface area contributed by atoms with Gasteiger partial charge in [0.15, 0.2) is 0 Å². The molecule has 0 unspecified atom stereocenters. The molecule has 0 bridgehead atoms. The number of morpholine rings is 1. The van der Waals surface area contributed by atoms with Crippen LogP contribution in [0.2, 0.25) is 0 Å². The molecule has 6 nitrogen and oxygen atoms in total. The fourth-order valence-electron chi connectivity index (χ4n) is 4.70. The van der Waals surface area contributed by atoms with Crippen LogP contribution in [0.5, 0.6) is 0 Å². The number of benzene rings is 1. The van der Waals surface area contributed by atoms with Gasteiger partial charge in [0.2, 0.25) is 0 Å². The van der Waals surface area contributed by atoms with Crippen LogP contribution in [-0.2, 0) is 4.74 Å². The number of aromatic nitrogens is 3. The minimum atomic E-state index is -0.665. The lowest BCUT2D eigenvalue weighted by Crippen LogP contribution is -2.36. The van der Waals surface area contributed by atoms with Crippen molar-refractivity contribution >= 4 is 28.1 Å². The number of hydrogen-bond acceptors (Lipinski definition) is 6. The third kappa shape index (κ3) is 4.18. The Morgan fingerprint density at radius 2 is 1.89 bits per heavy atom. The minimum Gasteiger partial charge on any atom is -0.378 e. The molecule has 4 aromatic rings. The zero-order valence-electron chi connectivity index (χ0n) is 19.4. The number of fused-ring (bicyclic) bond motifs is 1. The van der Waals surface area contributed by atoms with E-state index in [1.807, 2.05) is 37.4 Å². The number of ether oxygens (including phenoxy) is 1. The molecule has 2 fully saturated rings. The predicted molar refractivity (Wildman–Crippen MR) is 132 cm³/mol. The molecule has 3 aromatic heterocycles. The second-order valence-electron chi connectivity index (χ2n) is 9.09. The Hall–Kier alpha value is -3.65. The summed E-state index contributed by atoms with van der Waals surface area (Å²) in [5.41, 5.74) is 4.77. The van der Waals surface area contributed by atoms with Crippen molar-refractivity contribution < 1.29 is 13.5 Å². The van der Waals surface area contributed by atoms with Crippen LogP contribution in [-0.4, -0.2) is 41.3 Å². The van der Waals surface area contributed by atoms with Crippen molar-refractivity contribution in [1.29, 1.82) is 0 Å². The quantitative estimate of drug-likeness (QED) is 0.399. The van der Waals surface area contributed by atoms with Gasteiger partial charge in [0.05, 0.1) is 41.2 Å². The van der Waals surface area contributed by atoms with Crippen molar-refractivity contribution in [3.63, 3.8) is 0 Å². The first-order valence-corrected chi connectivity index (χ1v) is 11.9. The van der Waals surface area contributed by atoms with Crippen LogP contribution < -0.4 is 10.2 Å². The molecular formula is C27H25F2N5O. The summed E-state index contributed by atoms with van der Waals surface area (Å²) >= 11 is 0. The van der Waals surface area contributed by atoms with E-state index in [2.05, 4.69) is 20.2 Å². The fraction of sp³-hybridized carbons (Fsp3) is 0.296. The van der Waals surface area contributed by atoms with Crippen molar-refractivity contribution in [1.82, 2.24) is 15.0 Å². The number of rotatable bonds is 5. The monoisotopic (exact) mass is 473 g/mol. The smallest absolute Gasteiger partial charge is 0.137 e. The van der Waals surface area contributed by atoms with Crippen molar-refractivity contribution in [2.45, 2.75) is 25.7 Å². The molecular weight excluding hydrogens is 448 g/mol. The summed E-state index contributed by atoms with van der Waals surface area (Å²) in [6.45, 7) is 4.75. The average Bonchev–Trinajstić information content (AvgIpc) is 3.72. The average molecular weight is 474 g/mol. The normalized spacial score (nSPS) is 16.0. The van der Waals surface area contributed by atoms with E-state index in [0.717, 1.165) is 54.6 Å². The van der Waals surface area contributed by atoms with Crippen molar-refractivity contribution in [2.24, 2.45) is 0 Å². The van der Waals surface area contributed by atoms with Gasteiger partial charge in [-0.1, -0.05) is 6.07 Å². The van der Waals surface area contributed by atoms with Gasteiger partial charge in [-0.2, -0.15) is 0 Å². The standard InChI is InChI=1S/C27H25F2N5O/c1-16-26(21-4-2-3-7-30-21)33-23-13-18(28)12-20(29)25(23)27(16)32-22-14-24(34-8-10-35-11-9-34)31-15-19(22)17-5-6-17/h2-4,7,12-15,17H,5-6,8-11H2,1H3,(H,31,32,33). The van der Waals surface area contributed by atoms with Crippen molar-refractivity contribution in [3.8, 4) is 11.4 Å². The number of nitrogens with zero attached hydrogens (tertiary/aromatic N) is 4. The maximum absolute atomic E-state index is 15.2. The first kappa shape index (κ1) is 21.9. The third-order valence-corrected chi connectivity index (χ3v) is 6.69. The highest BCUT2D eigenvalue weighted by atomic mass is 19.1. The van der Waals surface area contributed by atoms with Crippen LogP contribution in [0.1, 0.15) is 29.9 Å². The molecule has 0 amide bonds. The van der Waals surface area contributed by atoms with Crippen LogP contribution in [0, 0.1) is 18.6 Å². The van der Waals surface area contributed by atoms with Crippen LogP contribution in [0.15, 0.2) is 48.8 Å². The van der Waals surface area contributed by atoms with Gasteiger partial charge >= 0.3 is 0 Å². The van der Waals surface area contributed by atoms with Crippen molar-refractivity contribution in [3.05, 3.63) is 71.6 Å². The van der Waals surface area contributed by atoms with E-state index in [4.69, 9.17) is 9.72 Å². The summed E-state index contributed by atoms with van der Waals surface area (Å²) in [4.78, 5) is 16.0. The molecule has 0 radical (unpaired) electrons. The maximum Gasteiger partial charge on any atom is 0.137 e. The highest BCUT2D eigenvalue weighted by Crippen LogP contribution is 2.46. The second kappa shape index (κ2) is 8.85. The molecule has 0 atom stereocenters. The molecule has 2 aliphatic rings. The molecule has 178 valence electrons. The van der Waals surface area contributed by atoms with E-state index < -0.39 is 11.6 Å². The third-order valence-electron chi connectivity index (χ3n) is 6.69. The summed E-state index contributed by atoms with van der Waals surface area (Å²) in [5, 5.41) is 3.79. The summed E-state index contributed by atoms with van der Waals surface area (Å²) in [6, 6.07) is 9.75. The SMILES string of the molecule is Cc1c(-c2ccccn2)nc2cc(F)cc(F)c2c1Nc1cc(N2CCOCC2)ncc1C1CC1. The largest absolute Gasteiger partial charge is 0.378 e. The molecule has 35 heavy (non-hydrogen) atoms. The predicted octanol–water partition coefficient (Wildman–Crippen LogP) is 5.74. The van der Waals surface area contributed by atoms with Gasteiger partial charge in [-0.3, -0.25) is 4.98 Å². The molecule has 6 rings (SSSR count). The van der Waals surface area contributed by atoms with Gasteiger partial charge in [-0.25, -0.2) is 18.7 Å². The molecule has 1 saturated carbocycles. The number of anilines is 3. The lowest BCUT2D eigenvalue weighted by Gasteiger charge is -2.28. The molecule has 1 aliphatic heterocycles. The Morgan fingerprint density at radius 1 is 1.06 bits per heavy atom. The summed E-state index contributed by atoms with van der Waals surface area (Å²) in [7, 11) is 0. The summed E-state index contributed by atoms with van der Waals surface area (Å²) < 4.78 is 34.9. The Labute approximate surface area is 202 Å². The first-order valence-electron chi connectivity index (χ1n) is 11.9. The Morgan fingerprint density at radius 3 is 2.63 bits per heavy atom. The Bertz CT molecular complexity index is 1400. The van der Waals surface area contributed by atoms with Gasteiger partial charge in [-0.05, 0) is 43.4 Å². The van der Waals surface area contributed by atoms with Crippen LogP contribution in [0.3, 0.4) is 0 Å². The highest BCUT2D eigenvalue weighted by Gasteiger charge is 2.28. The van der Waals surface area contributed by atoms with Gasteiger partial charge in [-0.15, -0.1) is 0 Å². The van der Waals surface area contributed by atoms with E-state index in [1.165, 1.54) is 6.07 Å². The van der Waals surface area contributed by atoms with Gasteiger partial charge < -0.3 is 15.0 Å². The molecule has 8 heteroatoms. The van der Waals surface area contributed by atoms with E-state index >= 15 is 4.39 Å². The topological polar surface area (TPSA) is 63.2 Å². The van der Waals surface area contributed by atoms with Gasteiger partial charge in [0.1, 0.15) is 17.5 Å². The van der Waals surface area contributed by atoms with Crippen LogP contribution >= 0.6 is 0 Å². The highest BCUT2D eigenvalue weighted by molar-refractivity contribution is 5.98. The zero-order valence-corrected chi connectivity index (χ0v) is 19.4. The van der Waals surface area contributed by atoms with E-state index in [1.54, 1.807) is 6.20 Å². The Kier molecular flexibility index (Phi) is 5.53. The lowest BCUT2D eigenvalue weighted by atomic mass is 10.0. The molecule has 1 aromatic carbocycles. The second-order valence-corrected chi connectivity index (χ2v) is 9.09. The number of hydrogen-bond donors (Lipinski definition) is 1. The van der Waals surface area contributed by atoms with Crippen molar-refractivity contribution in [2.75, 3.05) is 36.5 Å². The Balaban J connectivity index is 1.52. The molecule has 1 saturated heterocycles. The fourth-order valence-corrected chi connectivity index (χ4v) is 4.70. The summed E-state index contributed by atoms with van der Waals surface area (Å²) in [6.07, 6.45) is 5.81.